The molecule has 8 N–H and O–H groups in total. The highest BCUT2D eigenvalue weighted by atomic mass is 32.2. The van der Waals surface area contributed by atoms with Gasteiger partial charge in [-0.3, -0.25) is 19.7 Å². The van der Waals surface area contributed by atoms with Crippen LogP contribution in [-0.4, -0.2) is 37.9 Å². The van der Waals surface area contributed by atoms with Gasteiger partial charge in [0.15, 0.2) is 12.4 Å². The highest BCUT2D eigenvalue weighted by molar-refractivity contribution is 7.86. The molecule has 45 heavy (non-hydrogen) atoms. The molecule has 0 amide bonds. The molecular weight excluding hydrogens is 621 g/mol. The fourth-order valence-electron chi connectivity index (χ4n) is 3.70. The molecule has 0 aliphatic rings. The molecule has 0 saturated carbocycles. The number of benzene rings is 3. The second-order valence-corrected chi connectivity index (χ2v) is 12.4. The van der Waals surface area contributed by atoms with E-state index >= 15 is 0 Å². The van der Waals surface area contributed by atoms with E-state index in [9.17, 15) is 16.8 Å². The summed E-state index contributed by atoms with van der Waals surface area (Å²) in [4.78, 5) is 8.16. The van der Waals surface area contributed by atoms with Gasteiger partial charge in [0, 0.05) is 0 Å². The van der Waals surface area contributed by atoms with Crippen LogP contribution in [0.5, 0.6) is 0 Å². The van der Waals surface area contributed by atoms with Crippen LogP contribution in [0.1, 0.15) is 38.9 Å². The Morgan fingerprint density at radius 1 is 0.689 bits per heavy atom. The fourth-order valence-corrected chi connectivity index (χ4v) is 4.66. The Balaban J connectivity index is 0.000000381. The van der Waals surface area contributed by atoms with Crippen molar-refractivity contribution in [3.05, 3.63) is 93.5 Å². The van der Waals surface area contributed by atoms with Crippen molar-refractivity contribution >= 4 is 32.2 Å². The third-order valence-corrected chi connectivity index (χ3v) is 7.85. The molecule has 240 valence electrons. The van der Waals surface area contributed by atoms with E-state index in [1.165, 1.54) is 24.3 Å². The van der Waals surface area contributed by atoms with Gasteiger partial charge in [-0.15, -0.1) is 0 Å². The maximum absolute atomic E-state index is 10.5. The van der Waals surface area contributed by atoms with Crippen LogP contribution in [-0.2, 0) is 33.3 Å². The maximum Gasteiger partial charge on any atom is 0.294 e. The standard InChI is InChI=1S/C15H20N8.2C7H8O3S/c1-9-4-10(2)13(6-21-15(19)23-8-17)11(3)12(9)5-20-14(18)22-7-16;2*1-6-2-4-7(5-3-6)11(8,9)10/h4H,5-6H2,1-3H3,(H3,18,20,22)(H3,19,21,23);2*2-5H,1H3,(H,8,9,10). The highest BCUT2D eigenvalue weighted by Crippen LogP contribution is 2.24. The number of nitriles is 2. The van der Waals surface area contributed by atoms with Crippen molar-refractivity contribution in [1.29, 1.82) is 10.5 Å². The normalized spacial score (nSPS) is 11.5. The maximum atomic E-state index is 10.5. The highest BCUT2D eigenvalue weighted by Gasteiger charge is 2.11. The number of nitrogens with one attached hydrogen (secondary N) is 2. The number of hydrogen-bond acceptors (Lipinski definition) is 8. The van der Waals surface area contributed by atoms with E-state index in [2.05, 4.69) is 20.6 Å². The lowest BCUT2D eigenvalue weighted by molar-refractivity contribution is 0.481. The van der Waals surface area contributed by atoms with Gasteiger partial charge in [-0.1, -0.05) is 41.5 Å². The molecule has 0 aliphatic heterocycles. The molecule has 3 aromatic carbocycles. The van der Waals surface area contributed by atoms with E-state index in [1.54, 1.807) is 36.7 Å². The zero-order valence-corrected chi connectivity index (χ0v) is 27.0. The number of aliphatic imine (C=N–C) groups is 2. The van der Waals surface area contributed by atoms with Crippen LogP contribution in [0.25, 0.3) is 0 Å². The summed E-state index contributed by atoms with van der Waals surface area (Å²) in [6.07, 6.45) is 3.45. The average Bonchev–Trinajstić information content (AvgIpc) is 2.93. The summed E-state index contributed by atoms with van der Waals surface area (Å²) in [6, 6.07) is 14.0. The average molecular weight is 657 g/mol. The lowest BCUT2D eigenvalue weighted by Crippen LogP contribution is -2.27. The van der Waals surface area contributed by atoms with Gasteiger partial charge >= 0.3 is 0 Å². The van der Waals surface area contributed by atoms with E-state index in [0.29, 0.717) is 13.1 Å². The molecule has 3 aromatic rings. The van der Waals surface area contributed by atoms with E-state index in [-0.39, 0.29) is 21.7 Å². The minimum atomic E-state index is -4.02. The predicted molar refractivity (Wildman–Crippen MR) is 171 cm³/mol. The Bertz CT molecular complexity index is 1690. The Morgan fingerprint density at radius 2 is 1.00 bits per heavy atom. The largest absolute Gasteiger partial charge is 0.369 e. The first-order valence-electron chi connectivity index (χ1n) is 13.0. The van der Waals surface area contributed by atoms with Crippen molar-refractivity contribution in [3.8, 4) is 12.4 Å². The topological polar surface area (TPSA) is 257 Å². The second kappa shape index (κ2) is 17.3. The van der Waals surface area contributed by atoms with Gasteiger partial charge < -0.3 is 11.5 Å². The van der Waals surface area contributed by atoms with Crippen LogP contribution < -0.4 is 22.1 Å². The molecule has 0 aliphatic carbocycles. The van der Waals surface area contributed by atoms with Crippen LogP contribution in [0.15, 0.2) is 74.4 Å². The van der Waals surface area contributed by atoms with Gasteiger partial charge in [0.05, 0.1) is 22.9 Å². The van der Waals surface area contributed by atoms with Crippen LogP contribution in [0.2, 0.25) is 0 Å². The summed E-state index contributed by atoms with van der Waals surface area (Å²) in [7, 11) is -8.04. The first-order chi connectivity index (χ1) is 20.9. The van der Waals surface area contributed by atoms with Crippen molar-refractivity contribution in [2.75, 3.05) is 0 Å². The van der Waals surface area contributed by atoms with Crippen LogP contribution in [0.4, 0.5) is 0 Å². The van der Waals surface area contributed by atoms with Crippen molar-refractivity contribution in [2.24, 2.45) is 21.5 Å². The lowest BCUT2D eigenvalue weighted by Gasteiger charge is -2.15. The molecule has 0 fully saturated rings. The number of hydrogen-bond donors (Lipinski definition) is 6. The summed E-state index contributed by atoms with van der Waals surface area (Å²) in [5.41, 5.74) is 18.3. The van der Waals surface area contributed by atoms with Gasteiger partial charge in [-0.05, 0) is 86.7 Å². The summed E-state index contributed by atoms with van der Waals surface area (Å²) in [5.74, 6) is 0.155. The van der Waals surface area contributed by atoms with Crippen molar-refractivity contribution in [2.45, 2.75) is 57.5 Å². The Morgan fingerprint density at radius 3 is 1.27 bits per heavy atom. The van der Waals surface area contributed by atoms with Gasteiger partial charge in [0.1, 0.15) is 0 Å². The fraction of sp³-hybridized carbons (Fsp3) is 0.241. The molecule has 14 nitrogen and oxygen atoms in total. The zero-order valence-electron chi connectivity index (χ0n) is 25.4. The Hall–Kier alpha value is -5.00. The predicted octanol–water partition coefficient (Wildman–Crippen LogP) is 2.87. The third-order valence-electron chi connectivity index (χ3n) is 6.11. The molecule has 0 aromatic heterocycles. The Kier molecular flexibility index (Phi) is 14.6. The van der Waals surface area contributed by atoms with Crippen LogP contribution >= 0.6 is 0 Å². The van der Waals surface area contributed by atoms with Crippen molar-refractivity contribution in [3.63, 3.8) is 0 Å². The summed E-state index contributed by atoms with van der Waals surface area (Å²) in [5, 5.41) is 21.6. The molecular formula is C29H36N8O6S2. The molecule has 0 heterocycles. The Labute approximate surface area is 263 Å². The third kappa shape index (κ3) is 13.5. The SMILES string of the molecule is Cc1cc(C)c(CN=C(N)NC#N)c(C)c1CN=C(N)NC#N.Cc1ccc(S(=O)(=O)O)cc1.Cc1ccc(S(=O)(=O)O)cc1. The van der Waals surface area contributed by atoms with Gasteiger partial charge in [-0.2, -0.15) is 27.4 Å². The minimum absolute atomic E-state index is 0.0666. The number of guanidine groups is 2. The lowest BCUT2D eigenvalue weighted by atomic mass is 9.93. The van der Waals surface area contributed by atoms with Crippen LogP contribution in [0, 0.1) is 57.5 Å². The molecule has 0 saturated heterocycles. The van der Waals surface area contributed by atoms with E-state index < -0.39 is 20.2 Å². The molecule has 0 spiro atoms. The summed E-state index contributed by atoms with van der Waals surface area (Å²) in [6.45, 7) is 10.4. The van der Waals surface area contributed by atoms with Gasteiger partial charge in [0.25, 0.3) is 20.2 Å². The summed E-state index contributed by atoms with van der Waals surface area (Å²) < 4.78 is 59.1. The monoisotopic (exact) mass is 656 g/mol. The number of aryl methyl sites for hydroxylation is 4. The minimum Gasteiger partial charge on any atom is -0.369 e. The van der Waals surface area contributed by atoms with Crippen LogP contribution in [0.3, 0.4) is 0 Å². The first kappa shape index (κ1) is 38.0. The van der Waals surface area contributed by atoms with E-state index in [1.807, 2.05) is 40.7 Å². The molecule has 16 heteroatoms. The molecule has 0 radical (unpaired) electrons. The molecule has 0 unspecified atom stereocenters. The first-order valence-corrected chi connectivity index (χ1v) is 15.9. The second-order valence-electron chi connectivity index (χ2n) is 9.55. The van der Waals surface area contributed by atoms with Gasteiger partial charge in [-0.25, -0.2) is 9.98 Å². The van der Waals surface area contributed by atoms with Gasteiger partial charge in [0.2, 0.25) is 11.9 Å². The van der Waals surface area contributed by atoms with E-state index in [4.69, 9.17) is 31.1 Å². The molecule has 3 rings (SSSR count). The van der Waals surface area contributed by atoms with E-state index in [0.717, 1.165) is 38.9 Å². The van der Waals surface area contributed by atoms with Crippen molar-refractivity contribution < 1.29 is 25.9 Å². The smallest absolute Gasteiger partial charge is 0.294 e. The van der Waals surface area contributed by atoms with Crippen molar-refractivity contribution in [1.82, 2.24) is 10.6 Å². The molecule has 0 atom stereocenters. The number of nitrogens with zero attached hydrogens (tertiary/aromatic N) is 4. The number of rotatable bonds is 6. The number of nitrogens with two attached hydrogens (primary N) is 2. The quantitative estimate of drug-likeness (QED) is 0.0736. The molecule has 0 bridgehead atoms. The zero-order chi connectivity index (χ0) is 34.4. The summed E-state index contributed by atoms with van der Waals surface area (Å²) >= 11 is 0.